The van der Waals surface area contributed by atoms with Crippen LogP contribution in [0.25, 0.3) is 0 Å². The number of ether oxygens (including phenoxy) is 1. The van der Waals surface area contributed by atoms with Gasteiger partial charge in [-0.3, -0.25) is 10.3 Å². The average molecular weight is 262 g/mol. The van der Waals surface area contributed by atoms with E-state index in [0.29, 0.717) is 6.61 Å². The van der Waals surface area contributed by atoms with Crippen molar-refractivity contribution < 1.29 is 4.74 Å². The van der Waals surface area contributed by atoms with Crippen molar-refractivity contribution in [2.24, 2.45) is 5.73 Å². The number of amidine groups is 1. The molecule has 0 atom stereocenters. The molecule has 0 radical (unpaired) electrons. The number of hydrogen-bond acceptors (Lipinski definition) is 4. The molecule has 0 amide bonds. The van der Waals surface area contributed by atoms with Crippen molar-refractivity contribution in [3.63, 3.8) is 0 Å². The molecule has 1 saturated heterocycles. The minimum absolute atomic E-state index is 0.0870. The van der Waals surface area contributed by atoms with Crippen molar-refractivity contribution in [2.75, 3.05) is 46.4 Å². The van der Waals surface area contributed by atoms with Gasteiger partial charge in [-0.1, -0.05) is 0 Å². The lowest BCUT2D eigenvalue weighted by atomic mass is 10.2. The van der Waals surface area contributed by atoms with Crippen molar-refractivity contribution in [1.29, 1.82) is 5.41 Å². The molecule has 5 nitrogen and oxygen atoms in total. The Morgan fingerprint density at radius 1 is 1.21 bits per heavy atom. The molecule has 0 spiro atoms. The number of piperazine rings is 1. The van der Waals surface area contributed by atoms with Crippen LogP contribution in [-0.4, -0.2) is 62.0 Å². The van der Waals surface area contributed by atoms with Crippen LogP contribution in [0.3, 0.4) is 0 Å². The zero-order valence-electron chi connectivity index (χ0n) is 11.4. The standard InChI is InChI=1S/C14H22N4O/c1-17-6-8-18(9-7-17)10-11-19-13-4-2-12(3-5-13)14(15)16/h2-5H,6-11H2,1H3,(H3,15,16). The molecule has 1 heterocycles. The van der Waals surface area contributed by atoms with E-state index in [4.69, 9.17) is 15.9 Å². The van der Waals surface area contributed by atoms with Crippen LogP contribution in [0.2, 0.25) is 0 Å². The number of nitrogens with two attached hydrogens (primary N) is 1. The SMILES string of the molecule is CN1CCN(CCOc2ccc(C(=N)N)cc2)CC1. The third-order valence-electron chi connectivity index (χ3n) is 3.44. The van der Waals surface area contributed by atoms with E-state index >= 15 is 0 Å². The predicted molar refractivity (Wildman–Crippen MR) is 76.9 cm³/mol. The summed E-state index contributed by atoms with van der Waals surface area (Å²) in [4.78, 5) is 4.77. The molecular weight excluding hydrogens is 240 g/mol. The maximum atomic E-state index is 7.32. The Bertz CT molecular complexity index is 410. The van der Waals surface area contributed by atoms with Gasteiger partial charge in [-0.15, -0.1) is 0 Å². The van der Waals surface area contributed by atoms with E-state index in [-0.39, 0.29) is 5.84 Å². The molecule has 0 bridgehead atoms. The molecule has 2 rings (SSSR count). The first-order chi connectivity index (χ1) is 9.15. The highest BCUT2D eigenvalue weighted by atomic mass is 16.5. The first-order valence-electron chi connectivity index (χ1n) is 6.63. The van der Waals surface area contributed by atoms with Crippen molar-refractivity contribution in [1.82, 2.24) is 9.80 Å². The Labute approximate surface area is 114 Å². The number of rotatable bonds is 5. The smallest absolute Gasteiger partial charge is 0.122 e. The Morgan fingerprint density at radius 2 is 1.84 bits per heavy atom. The van der Waals surface area contributed by atoms with Gasteiger partial charge in [0.05, 0.1) is 0 Å². The fourth-order valence-corrected chi connectivity index (χ4v) is 2.09. The lowest BCUT2D eigenvalue weighted by molar-refractivity contribution is 0.134. The van der Waals surface area contributed by atoms with Crippen molar-refractivity contribution in [3.05, 3.63) is 29.8 Å². The topological polar surface area (TPSA) is 65.6 Å². The summed E-state index contributed by atoms with van der Waals surface area (Å²) in [6.45, 7) is 6.15. The maximum absolute atomic E-state index is 7.32. The van der Waals surface area contributed by atoms with Crippen LogP contribution < -0.4 is 10.5 Å². The summed E-state index contributed by atoms with van der Waals surface area (Å²) in [5.74, 6) is 0.920. The summed E-state index contributed by atoms with van der Waals surface area (Å²) < 4.78 is 5.70. The molecule has 0 unspecified atom stereocenters. The van der Waals surface area contributed by atoms with Gasteiger partial charge in [-0.2, -0.15) is 0 Å². The van der Waals surface area contributed by atoms with Gasteiger partial charge < -0.3 is 15.4 Å². The number of nitrogens with zero attached hydrogens (tertiary/aromatic N) is 2. The zero-order chi connectivity index (χ0) is 13.7. The minimum Gasteiger partial charge on any atom is -0.492 e. The Balaban J connectivity index is 1.72. The third kappa shape index (κ3) is 4.22. The van der Waals surface area contributed by atoms with Gasteiger partial charge in [0.1, 0.15) is 18.2 Å². The quantitative estimate of drug-likeness (QED) is 0.602. The van der Waals surface area contributed by atoms with Gasteiger partial charge in [-0.25, -0.2) is 0 Å². The van der Waals surface area contributed by atoms with Gasteiger partial charge >= 0.3 is 0 Å². The van der Waals surface area contributed by atoms with Crippen LogP contribution in [0.4, 0.5) is 0 Å². The number of nitrogens with one attached hydrogen (secondary N) is 1. The molecule has 1 fully saturated rings. The van der Waals surface area contributed by atoms with Crippen LogP contribution in [0.5, 0.6) is 5.75 Å². The van der Waals surface area contributed by atoms with Gasteiger partial charge in [0.2, 0.25) is 0 Å². The second-order valence-electron chi connectivity index (χ2n) is 4.93. The van der Waals surface area contributed by atoms with E-state index in [1.165, 1.54) is 0 Å². The molecular formula is C14H22N4O. The number of benzene rings is 1. The van der Waals surface area contributed by atoms with E-state index in [1.807, 2.05) is 24.3 Å². The van der Waals surface area contributed by atoms with E-state index in [9.17, 15) is 0 Å². The maximum Gasteiger partial charge on any atom is 0.122 e. The van der Waals surface area contributed by atoms with Crippen LogP contribution in [0.15, 0.2) is 24.3 Å². The monoisotopic (exact) mass is 262 g/mol. The Hall–Kier alpha value is -1.59. The van der Waals surface area contributed by atoms with Crippen molar-refractivity contribution in [2.45, 2.75) is 0 Å². The fraction of sp³-hybridized carbons (Fsp3) is 0.500. The molecule has 0 aliphatic carbocycles. The second kappa shape index (κ2) is 6.54. The van der Waals surface area contributed by atoms with E-state index in [2.05, 4.69) is 16.8 Å². The second-order valence-corrected chi connectivity index (χ2v) is 4.93. The molecule has 5 heteroatoms. The molecule has 1 aliphatic rings. The summed E-state index contributed by atoms with van der Waals surface area (Å²) >= 11 is 0. The van der Waals surface area contributed by atoms with Gasteiger partial charge in [0.15, 0.2) is 0 Å². The number of hydrogen-bond donors (Lipinski definition) is 2. The predicted octanol–water partition coefficient (Wildman–Crippen LogP) is 0.597. The fourth-order valence-electron chi connectivity index (χ4n) is 2.09. The van der Waals surface area contributed by atoms with Crippen LogP contribution in [0.1, 0.15) is 5.56 Å². The lowest BCUT2D eigenvalue weighted by Crippen LogP contribution is -2.45. The number of likely N-dealkylation sites (N-methyl/N-ethyl adjacent to an activating group) is 1. The number of nitrogen functional groups attached to an aromatic ring is 1. The summed E-state index contributed by atoms with van der Waals surface area (Å²) in [5, 5.41) is 7.32. The summed E-state index contributed by atoms with van der Waals surface area (Å²) in [7, 11) is 2.16. The normalized spacial score (nSPS) is 17.3. The summed E-state index contributed by atoms with van der Waals surface area (Å²) in [6.07, 6.45) is 0. The average Bonchev–Trinajstić information content (AvgIpc) is 2.41. The Morgan fingerprint density at radius 3 is 2.42 bits per heavy atom. The first-order valence-corrected chi connectivity index (χ1v) is 6.63. The largest absolute Gasteiger partial charge is 0.492 e. The van der Waals surface area contributed by atoms with Crippen molar-refractivity contribution in [3.8, 4) is 5.75 Å². The zero-order valence-corrected chi connectivity index (χ0v) is 11.4. The van der Waals surface area contributed by atoms with E-state index in [0.717, 1.165) is 44.0 Å². The highest BCUT2D eigenvalue weighted by Crippen LogP contribution is 2.11. The van der Waals surface area contributed by atoms with E-state index < -0.39 is 0 Å². The summed E-state index contributed by atoms with van der Waals surface area (Å²) in [5.41, 5.74) is 6.13. The highest BCUT2D eigenvalue weighted by Gasteiger charge is 2.13. The molecule has 1 aromatic carbocycles. The molecule has 3 N–H and O–H groups in total. The minimum atomic E-state index is 0.0870. The molecule has 1 aromatic rings. The van der Waals surface area contributed by atoms with Crippen LogP contribution >= 0.6 is 0 Å². The van der Waals surface area contributed by atoms with Gasteiger partial charge in [-0.05, 0) is 31.3 Å². The van der Waals surface area contributed by atoms with Crippen LogP contribution in [0, 0.1) is 5.41 Å². The summed E-state index contributed by atoms with van der Waals surface area (Å²) in [6, 6.07) is 7.35. The van der Waals surface area contributed by atoms with Crippen LogP contribution in [-0.2, 0) is 0 Å². The molecule has 104 valence electrons. The first kappa shape index (κ1) is 13.8. The Kier molecular flexibility index (Phi) is 4.76. The molecule has 19 heavy (non-hydrogen) atoms. The highest BCUT2D eigenvalue weighted by molar-refractivity contribution is 5.94. The molecule has 0 saturated carbocycles. The lowest BCUT2D eigenvalue weighted by Gasteiger charge is -2.32. The third-order valence-corrected chi connectivity index (χ3v) is 3.44. The molecule has 1 aliphatic heterocycles. The van der Waals surface area contributed by atoms with Gasteiger partial charge in [0.25, 0.3) is 0 Å². The van der Waals surface area contributed by atoms with Crippen molar-refractivity contribution >= 4 is 5.84 Å². The van der Waals surface area contributed by atoms with E-state index in [1.54, 1.807) is 0 Å². The molecule has 0 aromatic heterocycles. The van der Waals surface area contributed by atoms with Gasteiger partial charge in [0, 0.05) is 38.3 Å².